The van der Waals surface area contributed by atoms with E-state index in [1.165, 1.54) is 24.1 Å². The van der Waals surface area contributed by atoms with E-state index in [1.807, 2.05) is 24.3 Å². The number of halogens is 1. The molecule has 28 heavy (non-hydrogen) atoms. The van der Waals surface area contributed by atoms with Crippen molar-refractivity contribution in [3.05, 3.63) is 70.8 Å². The summed E-state index contributed by atoms with van der Waals surface area (Å²) in [5.41, 5.74) is 6.23. The standard InChI is InChI=1S/C25H30ClN2/c1-25(2)13-12-21(24(18-25)20-8-10-22(26)11-9-20)19-27-14-16-28(17-15-27)23-6-4-3-5-7-23/h4-11H,12-19H2,1-2H3. The number of allylic oxidation sites excluding steroid dienone is 1. The minimum Gasteiger partial charge on any atom is -0.369 e. The van der Waals surface area contributed by atoms with Crippen LogP contribution in [0.3, 0.4) is 0 Å². The Labute approximate surface area is 174 Å². The van der Waals surface area contributed by atoms with Gasteiger partial charge in [-0.3, -0.25) is 4.90 Å². The van der Waals surface area contributed by atoms with E-state index >= 15 is 0 Å². The molecule has 147 valence electrons. The fraction of sp³-hybridized carbons (Fsp3) is 0.440. The Hall–Kier alpha value is -1.77. The first kappa shape index (κ1) is 19.5. The van der Waals surface area contributed by atoms with Gasteiger partial charge in [-0.2, -0.15) is 0 Å². The molecule has 2 aliphatic rings. The molecule has 4 rings (SSSR count). The van der Waals surface area contributed by atoms with E-state index in [0.717, 1.165) is 44.2 Å². The third kappa shape index (κ3) is 4.61. The molecule has 2 aromatic carbocycles. The second kappa shape index (κ2) is 8.31. The predicted molar refractivity (Wildman–Crippen MR) is 120 cm³/mol. The Balaban J connectivity index is 1.48. The lowest BCUT2D eigenvalue weighted by Gasteiger charge is -2.39. The summed E-state index contributed by atoms with van der Waals surface area (Å²) in [6.07, 6.45) is 3.64. The number of rotatable bonds is 4. The Kier molecular flexibility index (Phi) is 5.80. The summed E-state index contributed by atoms with van der Waals surface area (Å²) in [4.78, 5) is 5.12. The normalized spacial score (nSPS) is 20.5. The van der Waals surface area contributed by atoms with Gasteiger partial charge in [0, 0.05) is 43.4 Å². The Morgan fingerprint density at radius 2 is 1.64 bits per heavy atom. The first-order valence-electron chi connectivity index (χ1n) is 10.4. The highest BCUT2D eigenvalue weighted by atomic mass is 35.5. The lowest BCUT2D eigenvalue weighted by molar-refractivity contribution is 0.264. The van der Waals surface area contributed by atoms with Crippen molar-refractivity contribution in [3.63, 3.8) is 0 Å². The lowest BCUT2D eigenvalue weighted by atomic mass is 9.72. The molecule has 1 fully saturated rings. The summed E-state index contributed by atoms with van der Waals surface area (Å²) in [6.45, 7) is 10.3. The van der Waals surface area contributed by atoms with Gasteiger partial charge in [0.1, 0.15) is 0 Å². The molecule has 1 radical (unpaired) electrons. The molecule has 3 heteroatoms. The van der Waals surface area contributed by atoms with Crippen molar-refractivity contribution >= 4 is 22.9 Å². The van der Waals surface area contributed by atoms with Crippen LogP contribution in [0.15, 0.2) is 54.1 Å². The maximum Gasteiger partial charge on any atom is 0.0406 e. The van der Waals surface area contributed by atoms with Crippen molar-refractivity contribution in [3.8, 4) is 0 Å². The molecule has 0 unspecified atom stereocenters. The minimum atomic E-state index is 0.376. The molecule has 0 aromatic heterocycles. The first-order chi connectivity index (χ1) is 13.5. The second-order valence-corrected chi connectivity index (χ2v) is 9.39. The van der Waals surface area contributed by atoms with Crippen molar-refractivity contribution in [2.75, 3.05) is 37.6 Å². The third-order valence-electron chi connectivity index (χ3n) is 6.23. The third-order valence-corrected chi connectivity index (χ3v) is 6.48. The molecule has 1 aliphatic carbocycles. The van der Waals surface area contributed by atoms with Crippen LogP contribution in [0.2, 0.25) is 5.02 Å². The first-order valence-corrected chi connectivity index (χ1v) is 10.8. The second-order valence-electron chi connectivity index (χ2n) is 8.95. The molecule has 0 bridgehead atoms. The van der Waals surface area contributed by atoms with Gasteiger partial charge in [0.2, 0.25) is 0 Å². The van der Waals surface area contributed by atoms with Crippen LogP contribution in [-0.2, 0) is 0 Å². The Morgan fingerprint density at radius 3 is 2.32 bits per heavy atom. The lowest BCUT2D eigenvalue weighted by Crippen LogP contribution is -2.47. The van der Waals surface area contributed by atoms with E-state index in [0.29, 0.717) is 5.41 Å². The van der Waals surface area contributed by atoms with Crippen LogP contribution in [0.25, 0.3) is 5.57 Å². The number of hydrogen-bond donors (Lipinski definition) is 0. The molecule has 0 atom stereocenters. The molecule has 0 N–H and O–H groups in total. The molecule has 0 saturated carbocycles. The number of piperazine rings is 1. The molecular weight excluding hydrogens is 364 g/mol. The largest absolute Gasteiger partial charge is 0.369 e. The summed E-state index contributed by atoms with van der Waals surface area (Å²) < 4.78 is 0. The zero-order valence-corrected chi connectivity index (χ0v) is 17.8. The van der Waals surface area contributed by atoms with E-state index in [9.17, 15) is 0 Å². The van der Waals surface area contributed by atoms with Crippen LogP contribution in [-0.4, -0.2) is 37.6 Å². The molecule has 1 aliphatic heterocycles. The van der Waals surface area contributed by atoms with Gasteiger partial charge in [-0.1, -0.05) is 55.3 Å². The van der Waals surface area contributed by atoms with Crippen molar-refractivity contribution in [1.29, 1.82) is 0 Å². The summed E-state index contributed by atoms with van der Waals surface area (Å²) in [5.74, 6) is 0. The van der Waals surface area contributed by atoms with Gasteiger partial charge in [-0.15, -0.1) is 0 Å². The van der Waals surface area contributed by atoms with Crippen LogP contribution in [0.4, 0.5) is 5.69 Å². The van der Waals surface area contributed by atoms with Gasteiger partial charge < -0.3 is 4.90 Å². The van der Waals surface area contributed by atoms with Gasteiger partial charge in [-0.25, -0.2) is 0 Å². The van der Waals surface area contributed by atoms with Gasteiger partial charge in [0.25, 0.3) is 0 Å². The topological polar surface area (TPSA) is 6.48 Å². The van der Waals surface area contributed by atoms with Crippen molar-refractivity contribution in [2.45, 2.75) is 33.1 Å². The average molecular weight is 394 g/mol. The average Bonchev–Trinajstić information content (AvgIpc) is 2.71. The number of benzene rings is 2. The SMILES string of the molecule is CC1(C)CCC(CN2CCN(c3cc[c]cc3)CC2)=C(c2ccc(Cl)cc2)C1. The summed E-state index contributed by atoms with van der Waals surface area (Å²) in [7, 11) is 0. The van der Waals surface area contributed by atoms with Crippen LogP contribution in [0, 0.1) is 11.5 Å². The van der Waals surface area contributed by atoms with Crippen LogP contribution < -0.4 is 4.90 Å². The minimum absolute atomic E-state index is 0.376. The summed E-state index contributed by atoms with van der Waals surface area (Å²) in [6, 6.07) is 19.9. The fourth-order valence-electron chi connectivity index (χ4n) is 4.49. The van der Waals surface area contributed by atoms with E-state index in [2.05, 4.69) is 54.0 Å². The Morgan fingerprint density at radius 1 is 0.964 bits per heavy atom. The van der Waals surface area contributed by atoms with Gasteiger partial charge >= 0.3 is 0 Å². The predicted octanol–water partition coefficient (Wildman–Crippen LogP) is 5.93. The van der Waals surface area contributed by atoms with Crippen LogP contribution >= 0.6 is 11.6 Å². The van der Waals surface area contributed by atoms with Crippen molar-refractivity contribution in [2.24, 2.45) is 5.41 Å². The maximum atomic E-state index is 6.13. The van der Waals surface area contributed by atoms with E-state index < -0.39 is 0 Å². The maximum absolute atomic E-state index is 6.13. The van der Waals surface area contributed by atoms with Crippen molar-refractivity contribution in [1.82, 2.24) is 4.90 Å². The molecule has 1 saturated heterocycles. The highest BCUT2D eigenvalue weighted by Crippen LogP contribution is 2.43. The molecule has 2 aromatic rings. The van der Waals surface area contributed by atoms with Crippen LogP contribution in [0.5, 0.6) is 0 Å². The fourth-order valence-corrected chi connectivity index (χ4v) is 4.61. The highest BCUT2D eigenvalue weighted by Gasteiger charge is 2.29. The quantitative estimate of drug-likeness (QED) is 0.635. The Bertz CT molecular complexity index is 815. The summed E-state index contributed by atoms with van der Waals surface area (Å²) in [5, 5.41) is 0.815. The summed E-state index contributed by atoms with van der Waals surface area (Å²) >= 11 is 6.13. The van der Waals surface area contributed by atoms with Gasteiger partial charge in [0.05, 0.1) is 0 Å². The number of hydrogen-bond acceptors (Lipinski definition) is 2. The van der Waals surface area contributed by atoms with Gasteiger partial charge in [0.15, 0.2) is 0 Å². The van der Waals surface area contributed by atoms with E-state index in [-0.39, 0.29) is 0 Å². The molecule has 0 amide bonds. The molecular formula is C25H30ClN2. The van der Waals surface area contributed by atoms with Gasteiger partial charge in [-0.05, 0) is 66.1 Å². The van der Waals surface area contributed by atoms with Crippen molar-refractivity contribution < 1.29 is 0 Å². The monoisotopic (exact) mass is 393 g/mol. The number of anilines is 1. The molecule has 1 heterocycles. The zero-order valence-electron chi connectivity index (χ0n) is 17.0. The molecule has 0 spiro atoms. The van der Waals surface area contributed by atoms with Crippen LogP contribution in [0.1, 0.15) is 38.7 Å². The van der Waals surface area contributed by atoms with E-state index in [4.69, 9.17) is 11.6 Å². The number of nitrogens with zero attached hydrogens (tertiary/aromatic N) is 2. The molecule has 2 nitrogen and oxygen atoms in total. The zero-order chi connectivity index (χ0) is 19.6. The highest BCUT2D eigenvalue weighted by molar-refractivity contribution is 6.30. The van der Waals surface area contributed by atoms with E-state index in [1.54, 1.807) is 11.1 Å². The smallest absolute Gasteiger partial charge is 0.0406 e.